The van der Waals surface area contributed by atoms with Gasteiger partial charge >= 0.3 is 5.69 Å². The van der Waals surface area contributed by atoms with Crippen molar-refractivity contribution in [1.29, 1.82) is 0 Å². The van der Waals surface area contributed by atoms with Crippen molar-refractivity contribution in [3.8, 4) is 0 Å². The standard InChI is InChI=1S/C12H14F2N2O4/c1-2-8(17)3-4-15-12(18)9-5-7(13)6-10(11(9)14)16(19)20/h5-6,8,17H,2-4H2,1H3,(H,15,18). The molecule has 0 spiro atoms. The first-order chi connectivity index (χ1) is 9.36. The highest BCUT2D eigenvalue weighted by Gasteiger charge is 2.24. The number of aliphatic hydroxyl groups excluding tert-OH is 1. The molecule has 0 fully saturated rings. The Morgan fingerprint density at radius 2 is 2.15 bits per heavy atom. The lowest BCUT2D eigenvalue weighted by atomic mass is 10.1. The van der Waals surface area contributed by atoms with Gasteiger partial charge in [-0.15, -0.1) is 0 Å². The van der Waals surface area contributed by atoms with Crippen LogP contribution in [0.2, 0.25) is 0 Å². The van der Waals surface area contributed by atoms with Crippen molar-refractivity contribution in [2.45, 2.75) is 25.9 Å². The predicted octanol–water partition coefficient (Wildman–Crippen LogP) is 1.76. The molecule has 0 aromatic heterocycles. The first-order valence-electron chi connectivity index (χ1n) is 5.96. The fourth-order valence-electron chi connectivity index (χ4n) is 1.52. The molecule has 0 aliphatic rings. The first kappa shape index (κ1) is 16.0. The van der Waals surface area contributed by atoms with Gasteiger partial charge in [-0.3, -0.25) is 14.9 Å². The number of benzene rings is 1. The van der Waals surface area contributed by atoms with Crippen LogP contribution in [-0.2, 0) is 0 Å². The molecule has 0 aliphatic heterocycles. The SMILES string of the molecule is CCC(O)CCNC(=O)c1cc(F)cc([N+](=O)[O-])c1F. The molecule has 6 nitrogen and oxygen atoms in total. The normalized spacial score (nSPS) is 12.0. The van der Waals surface area contributed by atoms with Gasteiger partial charge in [-0.2, -0.15) is 4.39 Å². The molecule has 0 saturated heterocycles. The smallest absolute Gasteiger partial charge is 0.308 e. The molecule has 0 bridgehead atoms. The Hall–Kier alpha value is -2.09. The highest BCUT2D eigenvalue weighted by molar-refractivity contribution is 5.95. The summed E-state index contributed by atoms with van der Waals surface area (Å²) in [4.78, 5) is 21.1. The average Bonchev–Trinajstić information content (AvgIpc) is 2.40. The third kappa shape index (κ3) is 3.95. The van der Waals surface area contributed by atoms with Gasteiger partial charge in [-0.05, 0) is 18.9 Å². The van der Waals surface area contributed by atoms with Crippen molar-refractivity contribution in [3.63, 3.8) is 0 Å². The Morgan fingerprint density at radius 3 is 2.70 bits per heavy atom. The Labute approximate surface area is 113 Å². The topological polar surface area (TPSA) is 92.5 Å². The number of amides is 1. The van der Waals surface area contributed by atoms with Gasteiger partial charge in [0.15, 0.2) is 0 Å². The molecular formula is C12H14F2N2O4. The highest BCUT2D eigenvalue weighted by Crippen LogP contribution is 2.22. The van der Waals surface area contributed by atoms with E-state index in [1.807, 2.05) is 0 Å². The lowest BCUT2D eigenvalue weighted by molar-refractivity contribution is -0.387. The molecule has 8 heteroatoms. The summed E-state index contributed by atoms with van der Waals surface area (Å²) in [7, 11) is 0. The molecule has 0 saturated carbocycles. The van der Waals surface area contributed by atoms with Gasteiger partial charge in [0.1, 0.15) is 5.82 Å². The lowest BCUT2D eigenvalue weighted by Gasteiger charge is -2.09. The Morgan fingerprint density at radius 1 is 1.50 bits per heavy atom. The Kier molecular flexibility index (Phi) is 5.51. The van der Waals surface area contributed by atoms with E-state index in [9.17, 15) is 28.8 Å². The number of rotatable bonds is 6. The van der Waals surface area contributed by atoms with Crippen molar-refractivity contribution >= 4 is 11.6 Å². The zero-order valence-electron chi connectivity index (χ0n) is 10.7. The van der Waals surface area contributed by atoms with E-state index < -0.39 is 39.8 Å². The van der Waals surface area contributed by atoms with Gasteiger partial charge < -0.3 is 10.4 Å². The molecule has 2 N–H and O–H groups in total. The molecule has 110 valence electrons. The van der Waals surface area contributed by atoms with E-state index in [-0.39, 0.29) is 13.0 Å². The quantitative estimate of drug-likeness (QED) is 0.616. The summed E-state index contributed by atoms with van der Waals surface area (Å²) in [6.45, 7) is 1.81. The molecule has 1 rings (SSSR count). The molecule has 1 aromatic carbocycles. The summed E-state index contributed by atoms with van der Waals surface area (Å²) < 4.78 is 26.8. The van der Waals surface area contributed by atoms with Crippen molar-refractivity contribution in [2.24, 2.45) is 0 Å². The number of carbonyl (C=O) groups is 1. The van der Waals surface area contributed by atoms with Crippen LogP contribution >= 0.6 is 0 Å². The zero-order chi connectivity index (χ0) is 15.3. The van der Waals surface area contributed by atoms with Crippen LogP contribution in [-0.4, -0.2) is 28.6 Å². The minimum Gasteiger partial charge on any atom is -0.393 e. The summed E-state index contributed by atoms with van der Waals surface area (Å²) in [5, 5.41) is 22.1. The van der Waals surface area contributed by atoms with Crippen LogP contribution in [0.5, 0.6) is 0 Å². The van der Waals surface area contributed by atoms with Crippen molar-refractivity contribution in [1.82, 2.24) is 5.32 Å². The number of hydrogen-bond acceptors (Lipinski definition) is 4. The molecule has 0 aliphatic carbocycles. The van der Waals surface area contributed by atoms with Crippen LogP contribution < -0.4 is 5.32 Å². The summed E-state index contributed by atoms with van der Waals surface area (Å²) in [5.41, 5.74) is -1.83. The van der Waals surface area contributed by atoms with E-state index in [1.54, 1.807) is 6.92 Å². The zero-order valence-corrected chi connectivity index (χ0v) is 10.7. The summed E-state index contributed by atoms with van der Waals surface area (Å²) >= 11 is 0. The number of nitrogens with one attached hydrogen (secondary N) is 1. The second-order valence-electron chi connectivity index (χ2n) is 4.15. The minimum absolute atomic E-state index is 0.0532. The van der Waals surface area contributed by atoms with Gasteiger partial charge in [0.25, 0.3) is 5.91 Å². The Balaban J connectivity index is 2.85. The van der Waals surface area contributed by atoms with Crippen LogP contribution in [0.25, 0.3) is 0 Å². The molecule has 20 heavy (non-hydrogen) atoms. The highest BCUT2D eigenvalue weighted by atomic mass is 19.1. The molecule has 1 unspecified atom stereocenters. The lowest BCUT2D eigenvalue weighted by Crippen LogP contribution is -2.28. The van der Waals surface area contributed by atoms with E-state index in [4.69, 9.17) is 0 Å². The van der Waals surface area contributed by atoms with Crippen LogP contribution in [0.15, 0.2) is 12.1 Å². The number of nitro benzene ring substituents is 1. The number of hydrogen-bond donors (Lipinski definition) is 2. The van der Waals surface area contributed by atoms with Gasteiger partial charge in [-0.1, -0.05) is 6.92 Å². The fraction of sp³-hybridized carbons (Fsp3) is 0.417. The Bertz CT molecular complexity index is 522. The number of halogens is 2. The first-order valence-corrected chi connectivity index (χ1v) is 5.96. The maximum atomic E-state index is 13.7. The van der Waals surface area contributed by atoms with Crippen LogP contribution in [0.3, 0.4) is 0 Å². The number of nitro groups is 1. The third-order valence-electron chi connectivity index (χ3n) is 2.69. The van der Waals surface area contributed by atoms with Gasteiger partial charge in [-0.25, -0.2) is 4.39 Å². The average molecular weight is 288 g/mol. The minimum atomic E-state index is -1.38. The summed E-state index contributed by atoms with van der Waals surface area (Å²) in [5.74, 6) is -3.42. The molecule has 0 radical (unpaired) electrons. The second kappa shape index (κ2) is 6.90. The molecule has 1 amide bonds. The summed E-state index contributed by atoms with van der Waals surface area (Å²) in [6, 6.07) is 1.00. The monoisotopic (exact) mass is 288 g/mol. The molecule has 0 heterocycles. The van der Waals surface area contributed by atoms with Crippen LogP contribution in [0.1, 0.15) is 30.1 Å². The second-order valence-corrected chi connectivity index (χ2v) is 4.15. The maximum absolute atomic E-state index is 13.7. The van der Waals surface area contributed by atoms with E-state index in [0.717, 1.165) is 0 Å². The van der Waals surface area contributed by atoms with E-state index in [1.165, 1.54) is 0 Å². The predicted molar refractivity (Wildman–Crippen MR) is 66.3 cm³/mol. The van der Waals surface area contributed by atoms with Crippen LogP contribution in [0.4, 0.5) is 14.5 Å². The molecular weight excluding hydrogens is 274 g/mol. The number of nitrogens with zero attached hydrogens (tertiary/aromatic N) is 1. The van der Waals surface area contributed by atoms with Gasteiger partial charge in [0.2, 0.25) is 5.82 Å². The molecule has 1 atom stereocenters. The van der Waals surface area contributed by atoms with E-state index in [0.29, 0.717) is 18.6 Å². The van der Waals surface area contributed by atoms with E-state index >= 15 is 0 Å². The van der Waals surface area contributed by atoms with Crippen molar-refractivity contribution in [3.05, 3.63) is 39.4 Å². The maximum Gasteiger partial charge on any atom is 0.308 e. The van der Waals surface area contributed by atoms with Gasteiger partial charge in [0.05, 0.1) is 22.7 Å². The van der Waals surface area contributed by atoms with Crippen molar-refractivity contribution < 1.29 is 23.6 Å². The number of carbonyl (C=O) groups excluding carboxylic acids is 1. The summed E-state index contributed by atoms with van der Waals surface area (Å²) in [6.07, 6.45) is 0.138. The van der Waals surface area contributed by atoms with E-state index in [2.05, 4.69) is 5.32 Å². The van der Waals surface area contributed by atoms with Crippen molar-refractivity contribution in [2.75, 3.05) is 6.54 Å². The molecule has 1 aromatic rings. The fourth-order valence-corrected chi connectivity index (χ4v) is 1.52. The van der Waals surface area contributed by atoms with Gasteiger partial charge in [0, 0.05) is 6.54 Å². The third-order valence-corrected chi connectivity index (χ3v) is 2.69. The number of aliphatic hydroxyl groups is 1. The largest absolute Gasteiger partial charge is 0.393 e. The van der Waals surface area contributed by atoms with Crippen LogP contribution in [0, 0.1) is 21.7 Å².